The molecule has 0 amide bonds. The molecule has 0 aliphatic rings. The van der Waals surface area contributed by atoms with Crippen molar-refractivity contribution in [2.75, 3.05) is 5.32 Å². The van der Waals surface area contributed by atoms with Gasteiger partial charge in [0.05, 0.1) is 11.8 Å². The lowest BCUT2D eigenvalue weighted by Crippen LogP contribution is -2.09. The molecule has 2 aromatic rings. The number of nitrogens with zero attached hydrogens (tertiary/aromatic N) is 1. The summed E-state index contributed by atoms with van der Waals surface area (Å²) in [6, 6.07) is 16.4. The van der Waals surface area contributed by atoms with Gasteiger partial charge in [0.15, 0.2) is 11.1 Å². The molecule has 0 saturated heterocycles. The molecule has 2 rings (SSSR count). The molecule has 0 fully saturated rings. The first-order chi connectivity index (χ1) is 10.6. The normalized spacial score (nSPS) is 13.1. The standard InChI is InChI=1S/C16H17N3O2S/c17-9-12-1-5-14(6-2-12)16(10-18)19-15-7-3-13(4-8-15)11-22(20)21/h1-8,16,19H,9,11,17H2,(H,20,21). The van der Waals surface area contributed by atoms with Crippen LogP contribution in [0.1, 0.15) is 22.7 Å². The molecule has 0 aromatic heterocycles. The van der Waals surface area contributed by atoms with Crippen LogP contribution in [0.5, 0.6) is 0 Å². The van der Waals surface area contributed by atoms with Crippen molar-refractivity contribution < 1.29 is 8.76 Å². The zero-order valence-electron chi connectivity index (χ0n) is 11.9. The van der Waals surface area contributed by atoms with E-state index in [1.54, 1.807) is 24.3 Å². The molecule has 2 atom stereocenters. The molecule has 6 heteroatoms. The van der Waals surface area contributed by atoms with Crippen LogP contribution in [0, 0.1) is 11.3 Å². The first-order valence-electron chi connectivity index (χ1n) is 6.74. The number of anilines is 1. The predicted molar refractivity (Wildman–Crippen MR) is 87.2 cm³/mol. The third kappa shape index (κ3) is 4.40. The Morgan fingerprint density at radius 1 is 1.14 bits per heavy atom. The second kappa shape index (κ2) is 7.71. The maximum absolute atomic E-state index is 10.8. The Morgan fingerprint density at radius 2 is 1.73 bits per heavy atom. The maximum Gasteiger partial charge on any atom is 0.157 e. The van der Waals surface area contributed by atoms with Crippen LogP contribution in [-0.2, 0) is 23.4 Å². The molecule has 5 nitrogen and oxygen atoms in total. The maximum atomic E-state index is 10.8. The number of benzene rings is 2. The SMILES string of the molecule is N#CC(Nc1ccc(CS(=O)O)cc1)c1ccc(CN)cc1. The summed E-state index contributed by atoms with van der Waals surface area (Å²) in [6.45, 7) is 0.471. The average molecular weight is 315 g/mol. The van der Waals surface area contributed by atoms with E-state index in [4.69, 9.17) is 10.3 Å². The van der Waals surface area contributed by atoms with Gasteiger partial charge in [0.2, 0.25) is 0 Å². The fourth-order valence-corrected chi connectivity index (χ4v) is 2.52. The molecule has 22 heavy (non-hydrogen) atoms. The van der Waals surface area contributed by atoms with E-state index in [1.807, 2.05) is 24.3 Å². The minimum Gasteiger partial charge on any atom is -0.366 e. The van der Waals surface area contributed by atoms with Crippen molar-refractivity contribution in [1.29, 1.82) is 5.26 Å². The van der Waals surface area contributed by atoms with Gasteiger partial charge in [-0.25, -0.2) is 4.21 Å². The number of hydrogen-bond acceptors (Lipinski definition) is 4. The van der Waals surface area contributed by atoms with Crippen LogP contribution < -0.4 is 11.1 Å². The van der Waals surface area contributed by atoms with E-state index in [0.29, 0.717) is 6.54 Å². The molecule has 0 bridgehead atoms. The van der Waals surface area contributed by atoms with E-state index in [-0.39, 0.29) is 5.75 Å². The van der Waals surface area contributed by atoms with Crippen molar-refractivity contribution in [2.24, 2.45) is 5.73 Å². The van der Waals surface area contributed by atoms with E-state index in [1.165, 1.54) is 0 Å². The zero-order chi connectivity index (χ0) is 15.9. The summed E-state index contributed by atoms with van der Waals surface area (Å²) in [6.07, 6.45) is 0. The topological polar surface area (TPSA) is 99.1 Å². The highest BCUT2D eigenvalue weighted by molar-refractivity contribution is 7.78. The van der Waals surface area contributed by atoms with Gasteiger partial charge in [-0.2, -0.15) is 5.26 Å². The molecule has 0 aliphatic heterocycles. The summed E-state index contributed by atoms with van der Waals surface area (Å²) >= 11 is -1.85. The third-order valence-corrected chi connectivity index (χ3v) is 3.81. The Kier molecular flexibility index (Phi) is 5.67. The van der Waals surface area contributed by atoms with Crippen LogP contribution in [0.25, 0.3) is 0 Å². The Balaban J connectivity index is 2.09. The number of nitriles is 1. The molecule has 0 heterocycles. The van der Waals surface area contributed by atoms with Crippen molar-refractivity contribution in [2.45, 2.75) is 18.3 Å². The molecule has 0 spiro atoms. The number of nitrogens with two attached hydrogens (primary N) is 1. The molecule has 2 unspecified atom stereocenters. The van der Waals surface area contributed by atoms with Crippen molar-refractivity contribution in [1.82, 2.24) is 0 Å². The fourth-order valence-electron chi connectivity index (χ4n) is 2.04. The highest BCUT2D eigenvalue weighted by atomic mass is 32.2. The van der Waals surface area contributed by atoms with Gasteiger partial charge in [0.25, 0.3) is 0 Å². The second-order valence-corrected chi connectivity index (χ2v) is 5.75. The van der Waals surface area contributed by atoms with E-state index in [0.717, 1.165) is 22.4 Å². The third-order valence-electron chi connectivity index (χ3n) is 3.23. The van der Waals surface area contributed by atoms with Crippen molar-refractivity contribution in [3.63, 3.8) is 0 Å². The largest absolute Gasteiger partial charge is 0.366 e. The number of hydrogen-bond donors (Lipinski definition) is 3. The van der Waals surface area contributed by atoms with Crippen molar-refractivity contribution in [3.8, 4) is 6.07 Å². The first-order valence-corrected chi connectivity index (χ1v) is 8.01. The molecule has 0 saturated carbocycles. The van der Waals surface area contributed by atoms with Crippen LogP contribution >= 0.6 is 0 Å². The minimum atomic E-state index is -1.85. The van der Waals surface area contributed by atoms with Gasteiger partial charge in [0, 0.05) is 12.2 Å². The summed E-state index contributed by atoms with van der Waals surface area (Å²) in [4.78, 5) is 0. The van der Waals surface area contributed by atoms with E-state index < -0.39 is 17.1 Å². The summed E-state index contributed by atoms with van der Waals surface area (Å²) < 4.78 is 19.6. The van der Waals surface area contributed by atoms with E-state index in [2.05, 4.69) is 11.4 Å². The molecule has 2 aromatic carbocycles. The molecular weight excluding hydrogens is 298 g/mol. The van der Waals surface area contributed by atoms with Gasteiger partial charge in [-0.3, -0.25) is 0 Å². The first kappa shape index (κ1) is 16.2. The predicted octanol–water partition coefficient (Wildman–Crippen LogP) is 2.54. The monoisotopic (exact) mass is 315 g/mol. The Labute approximate surface area is 132 Å². The number of rotatable bonds is 6. The van der Waals surface area contributed by atoms with Gasteiger partial charge in [0.1, 0.15) is 6.04 Å². The minimum absolute atomic E-state index is 0.0997. The van der Waals surface area contributed by atoms with Crippen molar-refractivity contribution >= 4 is 16.8 Å². The smallest absolute Gasteiger partial charge is 0.157 e. The van der Waals surface area contributed by atoms with Crippen LogP contribution in [-0.4, -0.2) is 8.76 Å². The Morgan fingerprint density at radius 3 is 2.23 bits per heavy atom. The lowest BCUT2D eigenvalue weighted by molar-refractivity contribution is 0.563. The molecule has 0 radical (unpaired) electrons. The van der Waals surface area contributed by atoms with Gasteiger partial charge in [-0.05, 0) is 28.8 Å². The van der Waals surface area contributed by atoms with Crippen LogP contribution in [0.4, 0.5) is 5.69 Å². The fraction of sp³-hybridized carbons (Fsp3) is 0.188. The van der Waals surface area contributed by atoms with E-state index in [9.17, 15) is 9.47 Å². The summed E-state index contributed by atoms with van der Waals surface area (Å²) in [5.41, 5.74) is 8.99. The lowest BCUT2D eigenvalue weighted by Gasteiger charge is -2.14. The highest BCUT2D eigenvalue weighted by Gasteiger charge is 2.10. The lowest BCUT2D eigenvalue weighted by atomic mass is 10.1. The molecule has 0 aliphatic carbocycles. The Hall–Kier alpha value is -2.20. The van der Waals surface area contributed by atoms with Crippen LogP contribution in [0.3, 0.4) is 0 Å². The summed E-state index contributed by atoms with van der Waals surface area (Å²) in [7, 11) is 0. The molecular formula is C16H17N3O2S. The zero-order valence-corrected chi connectivity index (χ0v) is 12.7. The van der Waals surface area contributed by atoms with Gasteiger partial charge >= 0.3 is 0 Å². The average Bonchev–Trinajstić information content (AvgIpc) is 2.54. The molecule has 114 valence electrons. The van der Waals surface area contributed by atoms with Crippen LogP contribution in [0.15, 0.2) is 48.5 Å². The second-order valence-electron chi connectivity index (χ2n) is 4.81. The number of nitrogens with one attached hydrogen (secondary N) is 1. The highest BCUT2D eigenvalue weighted by Crippen LogP contribution is 2.20. The Bertz CT molecular complexity index is 678. The quantitative estimate of drug-likeness (QED) is 0.711. The van der Waals surface area contributed by atoms with E-state index >= 15 is 0 Å². The van der Waals surface area contributed by atoms with Gasteiger partial charge < -0.3 is 15.6 Å². The van der Waals surface area contributed by atoms with Crippen LogP contribution in [0.2, 0.25) is 0 Å². The van der Waals surface area contributed by atoms with Crippen molar-refractivity contribution in [3.05, 3.63) is 65.2 Å². The summed E-state index contributed by atoms with van der Waals surface area (Å²) in [5, 5.41) is 12.5. The van der Waals surface area contributed by atoms with Gasteiger partial charge in [-0.1, -0.05) is 36.4 Å². The molecule has 4 N–H and O–H groups in total. The van der Waals surface area contributed by atoms with Gasteiger partial charge in [-0.15, -0.1) is 0 Å². The summed E-state index contributed by atoms with van der Waals surface area (Å²) in [5.74, 6) is 0.0997.